The Kier molecular flexibility index (Phi) is 3.90. The molecule has 0 bridgehead atoms. The molecule has 2 rings (SSSR count). The molecule has 1 saturated carbocycles. The third-order valence-electron chi connectivity index (χ3n) is 4.31. The molecule has 5 heteroatoms. The van der Waals surface area contributed by atoms with E-state index >= 15 is 0 Å². The van der Waals surface area contributed by atoms with Gasteiger partial charge in [0, 0.05) is 5.56 Å². The van der Waals surface area contributed by atoms with Crippen molar-refractivity contribution in [2.24, 2.45) is 11.3 Å². The highest BCUT2D eigenvalue weighted by Crippen LogP contribution is 2.45. The molecule has 0 spiro atoms. The van der Waals surface area contributed by atoms with Gasteiger partial charge in [0.25, 0.3) is 0 Å². The summed E-state index contributed by atoms with van der Waals surface area (Å²) in [6.07, 6.45) is 4.60. The SMILES string of the molecule is CC(C)(C)C1CCC(c2c(N)nc(N)nc2Cl)CC1. The largest absolute Gasteiger partial charge is 0.383 e. The van der Waals surface area contributed by atoms with Gasteiger partial charge in [0.2, 0.25) is 5.95 Å². The highest BCUT2D eigenvalue weighted by Gasteiger charge is 2.32. The molecule has 1 fully saturated rings. The number of nitrogens with two attached hydrogens (primary N) is 2. The van der Waals surface area contributed by atoms with Gasteiger partial charge in [-0.05, 0) is 42.9 Å². The van der Waals surface area contributed by atoms with Crippen molar-refractivity contribution in [1.29, 1.82) is 0 Å². The molecular weight excluding hydrogens is 260 g/mol. The third kappa shape index (κ3) is 3.11. The quantitative estimate of drug-likeness (QED) is 0.771. The van der Waals surface area contributed by atoms with Crippen LogP contribution in [0, 0.1) is 11.3 Å². The number of rotatable bonds is 1. The maximum atomic E-state index is 6.18. The number of halogens is 1. The zero-order chi connectivity index (χ0) is 14.2. The van der Waals surface area contributed by atoms with Crippen LogP contribution in [0.25, 0.3) is 0 Å². The summed E-state index contributed by atoms with van der Waals surface area (Å²) < 4.78 is 0. The number of hydrogen-bond donors (Lipinski definition) is 2. The van der Waals surface area contributed by atoms with Crippen LogP contribution < -0.4 is 11.5 Å². The monoisotopic (exact) mass is 282 g/mol. The van der Waals surface area contributed by atoms with Crippen molar-refractivity contribution in [2.45, 2.75) is 52.4 Å². The minimum Gasteiger partial charge on any atom is -0.383 e. The number of aromatic nitrogens is 2. The summed E-state index contributed by atoms with van der Waals surface area (Å²) in [5, 5.41) is 0.421. The van der Waals surface area contributed by atoms with E-state index in [1.807, 2.05) is 0 Å². The van der Waals surface area contributed by atoms with E-state index in [9.17, 15) is 0 Å². The Balaban J connectivity index is 2.14. The molecule has 4 N–H and O–H groups in total. The van der Waals surface area contributed by atoms with Crippen LogP contribution in [0.3, 0.4) is 0 Å². The fraction of sp³-hybridized carbons (Fsp3) is 0.714. The van der Waals surface area contributed by atoms with E-state index < -0.39 is 0 Å². The summed E-state index contributed by atoms with van der Waals surface area (Å²) in [6, 6.07) is 0. The summed E-state index contributed by atoms with van der Waals surface area (Å²) in [4.78, 5) is 8.07. The number of hydrogen-bond acceptors (Lipinski definition) is 4. The molecule has 19 heavy (non-hydrogen) atoms. The van der Waals surface area contributed by atoms with Gasteiger partial charge < -0.3 is 11.5 Å². The third-order valence-corrected chi connectivity index (χ3v) is 4.59. The van der Waals surface area contributed by atoms with Gasteiger partial charge in [-0.3, -0.25) is 0 Å². The molecule has 1 heterocycles. The Morgan fingerprint density at radius 2 is 1.63 bits per heavy atom. The lowest BCUT2D eigenvalue weighted by atomic mass is 9.69. The fourth-order valence-electron chi connectivity index (χ4n) is 3.10. The van der Waals surface area contributed by atoms with E-state index in [0.29, 0.717) is 22.3 Å². The Morgan fingerprint density at radius 3 is 2.11 bits per heavy atom. The average molecular weight is 283 g/mol. The molecule has 1 aliphatic carbocycles. The number of nitrogens with zero attached hydrogens (tertiary/aromatic N) is 2. The molecule has 0 saturated heterocycles. The zero-order valence-corrected chi connectivity index (χ0v) is 12.7. The topological polar surface area (TPSA) is 77.8 Å². The van der Waals surface area contributed by atoms with Crippen molar-refractivity contribution in [3.8, 4) is 0 Å². The smallest absolute Gasteiger partial charge is 0.223 e. The second kappa shape index (κ2) is 5.16. The molecular formula is C14H23ClN4. The van der Waals surface area contributed by atoms with Crippen LogP contribution in [0.1, 0.15) is 57.9 Å². The molecule has 1 aromatic heterocycles. The van der Waals surface area contributed by atoms with Gasteiger partial charge in [-0.25, -0.2) is 4.98 Å². The van der Waals surface area contributed by atoms with Crippen molar-refractivity contribution in [3.05, 3.63) is 10.7 Å². The number of nitrogen functional groups attached to an aromatic ring is 2. The van der Waals surface area contributed by atoms with Crippen molar-refractivity contribution in [1.82, 2.24) is 9.97 Å². The number of anilines is 2. The van der Waals surface area contributed by atoms with Gasteiger partial charge in [-0.2, -0.15) is 4.98 Å². The normalized spacial score (nSPS) is 24.4. The molecule has 0 unspecified atom stereocenters. The van der Waals surface area contributed by atoms with Crippen LogP contribution in [0.5, 0.6) is 0 Å². The summed E-state index contributed by atoms with van der Waals surface area (Å²) in [7, 11) is 0. The van der Waals surface area contributed by atoms with Gasteiger partial charge in [0.1, 0.15) is 11.0 Å². The highest BCUT2D eigenvalue weighted by molar-refractivity contribution is 6.30. The highest BCUT2D eigenvalue weighted by atomic mass is 35.5. The Bertz CT molecular complexity index is 436. The molecule has 0 amide bonds. The molecule has 1 aromatic rings. The minimum atomic E-state index is 0.148. The van der Waals surface area contributed by atoms with Crippen LogP contribution in [0.4, 0.5) is 11.8 Å². The average Bonchev–Trinajstić information content (AvgIpc) is 2.27. The van der Waals surface area contributed by atoms with Crippen LogP contribution in [0.15, 0.2) is 0 Å². The summed E-state index contributed by atoms with van der Waals surface area (Å²) >= 11 is 6.18. The Morgan fingerprint density at radius 1 is 1.05 bits per heavy atom. The van der Waals surface area contributed by atoms with Gasteiger partial charge in [-0.15, -0.1) is 0 Å². The zero-order valence-electron chi connectivity index (χ0n) is 11.9. The summed E-state index contributed by atoms with van der Waals surface area (Å²) in [6.45, 7) is 6.93. The molecule has 0 atom stereocenters. The maximum Gasteiger partial charge on any atom is 0.223 e. The van der Waals surface area contributed by atoms with E-state index in [1.165, 1.54) is 12.8 Å². The Hall–Kier alpha value is -1.03. The lowest BCUT2D eigenvalue weighted by Gasteiger charge is -2.37. The first-order chi connectivity index (χ1) is 8.79. The fourth-order valence-corrected chi connectivity index (χ4v) is 3.44. The first-order valence-electron chi connectivity index (χ1n) is 6.87. The van der Waals surface area contributed by atoms with Crippen LogP contribution in [0.2, 0.25) is 5.15 Å². The van der Waals surface area contributed by atoms with Gasteiger partial charge in [0.15, 0.2) is 0 Å². The minimum absolute atomic E-state index is 0.148. The summed E-state index contributed by atoms with van der Waals surface area (Å²) in [5.41, 5.74) is 12.8. The van der Waals surface area contributed by atoms with Crippen LogP contribution in [-0.2, 0) is 0 Å². The molecule has 1 aliphatic rings. The second-order valence-electron chi connectivity index (χ2n) is 6.59. The summed E-state index contributed by atoms with van der Waals surface area (Å²) in [5.74, 6) is 1.72. The predicted octanol–water partition coefficient (Wildman–Crippen LogP) is 3.61. The van der Waals surface area contributed by atoms with Gasteiger partial charge >= 0.3 is 0 Å². The first kappa shape index (κ1) is 14.4. The van der Waals surface area contributed by atoms with E-state index in [0.717, 1.165) is 24.3 Å². The van der Waals surface area contributed by atoms with Crippen molar-refractivity contribution in [2.75, 3.05) is 11.5 Å². The van der Waals surface area contributed by atoms with E-state index in [-0.39, 0.29) is 5.95 Å². The van der Waals surface area contributed by atoms with Crippen molar-refractivity contribution in [3.63, 3.8) is 0 Å². The lowest BCUT2D eigenvalue weighted by Crippen LogP contribution is -2.25. The predicted molar refractivity (Wildman–Crippen MR) is 80.0 cm³/mol. The van der Waals surface area contributed by atoms with Crippen LogP contribution in [-0.4, -0.2) is 9.97 Å². The van der Waals surface area contributed by atoms with E-state index in [2.05, 4.69) is 30.7 Å². The van der Waals surface area contributed by atoms with E-state index in [1.54, 1.807) is 0 Å². The molecule has 4 nitrogen and oxygen atoms in total. The standard InChI is InChI=1S/C14H23ClN4/c1-14(2,3)9-6-4-8(5-7-9)10-11(15)18-13(17)19-12(10)16/h8-9H,4-7H2,1-3H3,(H4,16,17,18,19). The lowest BCUT2D eigenvalue weighted by molar-refractivity contribution is 0.169. The molecule has 0 aromatic carbocycles. The van der Waals surface area contributed by atoms with Crippen molar-refractivity contribution < 1.29 is 0 Å². The molecule has 0 radical (unpaired) electrons. The molecule has 0 aliphatic heterocycles. The first-order valence-corrected chi connectivity index (χ1v) is 7.25. The maximum absolute atomic E-state index is 6.18. The van der Waals surface area contributed by atoms with Gasteiger partial charge in [0.05, 0.1) is 0 Å². The van der Waals surface area contributed by atoms with Crippen molar-refractivity contribution >= 4 is 23.4 Å². The molecule has 106 valence electrons. The second-order valence-corrected chi connectivity index (χ2v) is 6.94. The Labute approximate surface area is 119 Å². The van der Waals surface area contributed by atoms with E-state index in [4.69, 9.17) is 23.1 Å². The van der Waals surface area contributed by atoms with Crippen LogP contribution >= 0.6 is 11.6 Å². The van der Waals surface area contributed by atoms with Gasteiger partial charge in [-0.1, -0.05) is 32.4 Å².